The lowest BCUT2D eigenvalue weighted by Crippen LogP contribution is -2.43. The number of hydrogen-bond donors (Lipinski definition) is 3. The Hall–Kier alpha value is -3.34. The van der Waals surface area contributed by atoms with E-state index in [2.05, 4.69) is 15.8 Å². The summed E-state index contributed by atoms with van der Waals surface area (Å²) < 4.78 is 0. The number of rotatable bonds is 4. The van der Waals surface area contributed by atoms with E-state index in [1.807, 2.05) is 80.6 Å². The van der Waals surface area contributed by atoms with Crippen molar-refractivity contribution in [2.45, 2.75) is 26.3 Å². The second kappa shape index (κ2) is 7.50. The summed E-state index contributed by atoms with van der Waals surface area (Å²) in [7, 11) is 0. The number of oxime groups is 1. The predicted molar refractivity (Wildman–Crippen MR) is 110 cm³/mol. The zero-order valence-corrected chi connectivity index (χ0v) is 15.7. The molecule has 0 unspecified atom stereocenters. The second-order valence-electron chi connectivity index (χ2n) is 7.00. The van der Waals surface area contributed by atoms with Crippen molar-refractivity contribution in [1.29, 1.82) is 0 Å². The third-order valence-corrected chi connectivity index (χ3v) is 4.62. The van der Waals surface area contributed by atoms with Crippen molar-refractivity contribution in [3.05, 3.63) is 77.9 Å². The van der Waals surface area contributed by atoms with Crippen LogP contribution in [0, 0.1) is 0 Å². The number of benzene rings is 3. The minimum Gasteiger partial charge on any atom is -0.411 e. The maximum absolute atomic E-state index is 12.6. The highest BCUT2D eigenvalue weighted by molar-refractivity contribution is 6.02. The first-order chi connectivity index (χ1) is 12.9. The molecule has 3 aromatic rings. The van der Waals surface area contributed by atoms with Crippen molar-refractivity contribution < 1.29 is 10.0 Å². The van der Waals surface area contributed by atoms with Crippen LogP contribution in [-0.2, 0) is 5.54 Å². The number of anilines is 1. The summed E-state index contributed by atoms with van der Waals surface area (Å²) in [5, 5.41) is 20.3. The molecule has 0 atom stereocenters. The zero-order valence-electron chi connectivity index (χ0n) is 15.7. The van der Waals surface area contributed by atoms with E-state index in [4.69, 9.17) is 5.21 Å². The monoisotopic (exact) mass is 361 g/mol. The van der Waals surface area contributed by atoms with E-state index >= 15 is 0 Å². The second-order valence-corrected chi connectivity index (χ2v) is 7.00. The Labute approximate surface area is 158 Å². The topological polar surface area (TPSA) is 73.7 Å². The molecule has 138 valence electrons. The van der Waals surface area contributed by atoms with Gasteiger partial charge >= 0.3 is 6.03 Å². The van der Waals surface area contributed by atoms with Crippen LogP contribution >= 0.6 is 0 Å². The first-order valence-electron chi connectivity index (χ1n) is 8.77. The smallest absolute Gasteiger partial charge is 0.319 e. The van der Waals surface area contributed by atoms with Gasteiger partial charge in [-0.15, -0.1) is 0 Å². The van der Waals surface area contributed by atoms with Crippen LogP contribution in [0.25, 0.3) is 10.8 Å². The summed E-state index contributed by atoms with van der Waals surface area (Å²) in [6.07, 6.45) is 0. The molecule has 3 aromatic carbocycles. The maximum Gasteiger partial charge on any atom is 0.319 e. The molecule has 3 N–H and O–H groups in total. The molecule has 27 heavy (non-hydrogen) atoms. The molecular weight excluding hydrogens is 338 g/mol. The van der Waals surface area contributed by atoms with E-state index in [0.717, 1.165) is 27.6 Å². The fourth-order valence-corrected chi connectivity index (χ4v) is 3.03. The van der Waals surface area contributed by atoms with E-state index in [1.54, 1.807) is 6.92 Å². The summed E-state index contributed by atoms with van der Waals surface area (Å²) >= 11 is 0. The van der Waals surface area contributed by atoms with E-state index in [9.17, 15) is 4.79 Å². The number of carbonyl (C=O) groups excluding carboxylic acids is 1. The molecule has 5 nitrogen and oxygen atoms in total. The molecule has 0 aliphatic heterocycles. The molecule has 0 saturated heterocycles. The SMILES string of the molecule is C/C(=N\O)c1cccc(C(C)(C)NC(=O)Nc2cccc3ccccc23)c1. The number of fused-ring (bicyclic) bond motifs is 1. The standard InChI is InChI=1S/C22H23N3O2/c1-15(25-27)17-10-6-11-18(14-17)22(2,3)24-21(26)23-20-13-7-9-16-8-4-5-12-19(16)20/h4-14,27H,1-3H3,(H2,23,24,26)/b25-15+. The van der Waals surface area contributed by atoms with Gasteiger partial charge in [0.25, 0.3) is 0 Å². The van der Waals surface area contributed by atoms with Crippen LogP contribution in [-0.4, -0.2) is 17.0 Å². The van der Waals surface area contributed by atoms with Crippen LogP contribution in [0.4, 0.5) is 10.5 Å². The number of nitrogens with one attached hydrogen (secondary N) is 2. The number of nitrogens with zero attached hydrogens (tertiary/aromatic N) is 1. The fourth-order valence-electron chi connectivity index (χ4n) is 3.03. The molecule has 0 fully saturated rings. The average molecular weight is 361 g/mol. The van der Waals surface area contributed by atoms with Gasteiger partial charge in [0, 0.05) is 5.39 Å². The average Bonchev–Trinajstić information content (AvgIpc) is 2.67. The predicted octanol–water partition coefficient (Wildman–Crippen LogP) is 5.09. The van der Waals surface area contributed by atoms with Crippen molar-refractivity contribution in [2.24, 2.45) is 5.16 Å². The van der Waals surface area contributed by atoms with Crippen LogP contribution in [0.15, 0.2) is 71.9 Å². The van der Waals surface area contributed by atoms with Gasteiger partial charge in [-0.25, -0.2) is 4.79 Å². The van der Waals surface area contributed by atoms with Crippen LogP contribution < -0.4 is 10.6 Å². The highest BCUT2D eigenvalue weighted by Gasteiger charge is 2.23. The largest absolute Gasteiger partial charge is 0.411 e. The summed E-state index contributed by atoms with van der Waals surface area (Å²) in [4.78, 5) is 12.6. The molecule has 0 aliphatic rings. The lowest BCUT2D eigenvalue weighted by atomic mass is 9.92. The third kappa shape index (κ3) is 4.08. The lowest BCUT2D eigenvalue weighted by molar-refractivity contribution is 0.242. The molecular formula is C22H23N3O2. The zero-order chi connectivity index (χ0) is 19.4. The normalized spacial score (nSPS) is 12.0. The quantitative estimate of drug-likeness (QED) is 0.344. The molecule has 0 bridgehead atoms. The first-order valence-corrected chi connectivity index (χ1v) is 8.77. The van der Waals surface area contributed by atoms with Crippen LogP contribution in [0.3, 0.4) is 0 Å². The molecule has 0 heterocycles. The summed E-state index contributed by atoms with van der Waals surface area (Å²) in [5.41, 5.74) is 2.39. The van der Waals surface area contributed by atoms with Crippen molar-refractivity contribution in [1.82, 2.24) is 5.32 Å². The van der Waals surface area contributed by atoms with Gasteiger partial charge < -0.3 is 15.8 Å². The van der Waals surface area contributed by atoms with Gasteiger partial charge in [-0.2, -0.15) is 0 Å². The van der Waals surface area contributed by atoms with Gasteiger partial charge in [0.05, 0.1) is 16.9 Å². The third-order valence-electron chi connectivity index (χ3n) is 4.62. The van der Waals surface area contributed by atoms with E-state index in [-0.39, 0.29) is 6.03 Å². The molecule has 0 radical (unpaired) electrons. The Balaban J connectivity index is 1.80. The van der Waals surface area contributed by atoms with Crippen molar-refractivity contribution in [3.63, 3.8) is 0 Å². The van der Waals surface area contributed by atoms with Gasteiger partial charge in [0.15, 0.2) is 0 Å². The Morgan fingerprint density at radius 1 is 1.00 bits per heavy atom. The maximum atomic E-state index is 12.6. The summed E-state index contributed by atoms with van der Waals surface area (Å²) in [6.45, 7) is 5.59. The molecule has 0 aliphatic carbocycles. The van der Waals surface area contributed by atoms with Crippen molar-refractivity contribution >= 4 is 28.2 Å². The Bertz CT molecular complexity index is 1000. The number of amides is 2. The Morgan fingerprint density at radius 2 is 1.70 bits per heavy atom. The fraction of sp³-hybridized carbons (Fsp3) is 0.182. The lowest BCUT2D eigenvalue weighted by Gasteiger charge is -2.27. The van der Waals surface area contributed by atoms with E-state index < -0.39 is 5.54 Å². The Morgan fingerprint density at radius 3 is 2.48 bits per heavy atom. The van der Waals surface area contributed by atoms with Crippen LogP contribution in [0.5, 0.6) is 0 Å². The molecule has 0 spiro atoms. The van der Waals surface area contributed by atoms with Crippen molar-refractivity contribution in [2.75, 3.05) is 5.32 Å². The summed E-state index contributed by atoms with van der Waals surface area (Å²) in [5.74, 6) is 0. The molecule has 0 aromatic heterocycles. The van der Waals surface area contributed by atoms with Gasteiger partial charge in [-0.1, -0.05) is 59.8 Å². The van der Waals surface area contributed by atoms with Crippen LogP contribution in [0.2, 0.25) is 0 Å². The highest BCUT2D eigenvalue weighted by Crippen LogP contribution is 2.24. The van der Waals surface area contributed by atoms with Crippen molar-refractivity contribution in [3.8, 4) is 0 Å². The molecule has 2 amide bonds. The molecule has 3 rings (SSSR count). The summed E-state index contributed by atoms with van der Waals surface area (Å²) in [6, 6.07) is 21.0. The number of hydrogen-bond acceptors (Lipinski definition) is 3. The van der Waals surface area contributed by atoms with Gasteiger partial charge in [0.2, 0.25) is 0 Å². The number of carbonyl (C=O) groups is 1. The Kier molecular flexibility index (Phi) is 5.12. The first kappa shape index (κ1) is 18.5. The van der Waals surface area contributed by atoms with E-state index in [0.29, 0.717) is 5.71 Å². The van der Waals surface area contributed by atoms with E-state index in [1.165, 1.54) is 0 Å². The molecule has 5 heteroatoms. The van der Waals surface area contributed by atoms with Gasteiger partial charge in [-0.3, -0.25) is 0 Å². The van der Waals surface area contributed by atoms with Gasteiger partial charge in [0.1, 0.15) is 0 Å². The van der Waals surface area contributed by atoms with Crippen LogP contribution in [0.1, 0.15) is 31.9 Å². The minimum absolute atomic E-state index is 0.283. The highest BCUT2D eigenvalue weighted by atomic mass is 16.4. The van der Waals surface area contributed by atoms with Gasteiger partial charge in [-0.05, 0) is 49.4 Å². The minimum atomic E-state index is -0.611. The molecule has 0 saturated carbocycles. The number of urea groups is 1.